The van der Waals surface area contributed by atoms with Crippen LogP contribution in [0.15, 0.2) is 46.4 Å². The molecule has 0 unspecified atom stereocenters. The second kappa shape index (κ2) is 8.65. The minimum absolute atomic E-state index is 0.000410. The Kier molecular flexibility index (Phi) is 6.57. The molecular formula is C18H13BrClFN2O2. The number of para-hydroxylation sites is 1. The molecule has 0 aliphatic carbocycles. The van der Waals surface area contributed by atoms with Crippen molar-refractivity contribution in [2.45, 2.75) is 6.92 Å². The summed E-state index contributed by atoms with van der Waals surface area (Å²) in [5.41, 5.74) is 0.343. The number of halogens is 3. The summed E-state index contributed by atoms with van der Waals surface area (Å²) in [4.78, 5) is 12.2. The molecule has 0 heterocycles. The SMILES string of the molecule is CCOc1c(Cl)cc(/C=C(/C#N)C(=O)Nc2ccccc2F)cc1Br. The Hall–Kier alpha value is -2.36. The molecule has 0 fully saturated rings. The van der Waals surface area contributed by atoms with Gasteiger partial charge in [0, 0.05) is 0 Å². The number of nitriles is 1. The molecule has 0 spiro atoms. The molecule has 0 aromatic heterocycles. The average Bonchev–Trinajstić information content (AvgIpc) is 2.58. The van der Waals surface area contributed by atoms with E-state index in [1.54, 1.807) is 24.3 Å². The molecule has 0 atom stereocenters. The van der Waals surface area contributed by atoms with Crippen LogP contribution >= 0.6 is 27.5 Å². The number of carbonyl (C=O) groups is 1. The fourth-order valence-electron chi connectivity index (χ4n) is 2.01. The predicted octanol–water partition coefficient (Wildman–Crippen LogP) is 5.19. The van der Waals surface area contributed by atoms with Gasteiger partial charge < -0.3 is 10.1 Å². The molecule has 2 aromatic carbocycles. The Balaban J connectivity index is 2.30. The van der Waals surface area contributed by atoms with Crippen LogP contribution in [-0.2, 0) is 4.79 Å². The highest BCUT2D eigenvalue weighted by Crippen LogP contribution is 2.35. The van der Waals surface area contributed by atoms with E-state index in [9.17, 15) is 14.4 Å². The Morgan fingerprint density at radius 3 is 2.76 bits per heavy atom. The van der Waals surface area contributed by atoms with Crippen LogP contribution in [0.2, 0.25) is 5.02 Å². The van der Waals surface area contributed by atoms with Crippen molar-refractivity contribution in [3.05, 3.63) is 62.8 Å². The van der Waals surface area contributed by atoms with Gasteiger partial charge in [-0.05, 0) is 58.8 Å². The summed E-state index contributed by atoms with van der Waals surface area (Å²) < 4.78 is 19.6. The maximum absolute atomic E-state index is 13.6. The largest absolute Gasteiger partial charge is 0.491 e. The van der Waals surface area contributed by atoms with Crippen LogP contribution in [0, 0.1) is 17.1 Å². The Labute approximate surface area is 158 Å². The second-order valence-corrected chi connectivity index (χ2v) is 6.11. The quantitative estimate of drug-likeness (QED) is 0.532. The van der Waals surface area contributed by atoms with Crippen LogP contribution < -0.4 is 10.1 Å². The molecular weight excluding hydrogens is 411 g/mol. The van der Waals surface area contributed by atoms with Crippen LogP contribution in [0.1, 0.15) is 12.5 Å². The number of carbonyl (C=O) groups excluding carboxylic acids is 1. The van der Waals surface area contributed by atoms with Crippen LogP contribution in [0.4, 0.5) is 10.1 Å². The van der Waals surface area contributed by atoms with Gasteiger partial charge in [0.05, 0.1) is 21.8 Å². The number of benzene rings is 2. The van der Waals surface area contributed by atoms with Gasteiger partial charge in [-0.3, -0.25) is 4.79 Å². The second-order valence-electron chi connectivity index (χ2n) is 4.85. The molecule has 2 aromatic rings. The molecule has 4 nitrogen and oxygen atoms in total. The lowest BCUT2D eigenvalue weighted by Gasteiger charge is -2.09. The monoisotopic (exact) mass is 422 g/mol. The molecule has 0 saturated carbocycles. The Morgan fingerprint density at radius 1 is 1.44 bits per heavy atom. The van der Waals surface area contributed by atoms with E-state index in [2.05, 4.69) is 21.2 Å². The minimum Gasteiger partial charge on any atom is -0.491 e. The van der Waals surface area contributed by atoms with Gasteiger partial charge in [-0.25, -0.2) is 4.39 Å². The lowest BCUT2D eigenvalue weighted by Crippen LogP contribution is -2.14. The zero-order chi connectivity index (χ0) is 18.4. The van der Waals surface area contributed by atoms with E-state index in [1.165, 1.54) is 24.3 Å². The van der Waals surface area contributed by atoms with Gasteiger partial charge in [0.25, 0.3) is 5.91 Å². The number of ether oxygens (including phenoxy) is 1. The number of nitrogens with zero attached hydrogens (tertiary/aromatic N) is 1. The predicted molar refractivity (Wildman–Crippen MR) is 98.9 cm³/mol. The third kappa shape index (κ3) is 4.81. The number of rotatable bonds is 5. The molecule has 2 rings (SSSR count). The van der Waals surface area contributed by atoms with Gasteiger partial charge in [0.1, 0.15) is 17.5 Å². The normalized spacial score (nSPS) is 10.9. The van der Waals surface area contributed by atoms with Crippen molar-refractivity contribution >= 4 is 45.2 Å². The third-order valence-electron chi connectivity index (χ3n) is 3.11. The number of amides is 1. The van der Waals surface area contributed by atoms with Gasteiger partial charge in [-0.1, -0.05) is 23.7 Å². The summed E-state index contributed by atoms with van der Waals surface area (Å²) in [6.45, 7) is 2.28. The van der Waals surface area contributed by atoms with E-state index in [-0.39, 0.29) is 11.3 Å². The van der Waals surface area contributed by atoms with Crippen molar-refractivity contribution in [1.29, 1.82) is 5.26 Å². The lowest BCUT2D eigenvalue weighted by molar-refractivity contribution is -0.112. The summed E-state index contributed by atoms with van der Waals surface area (Å²) in [6.07, 6.45) is 1.36. The maximum Gasteiger partial charge on any atom is 0.266 e. The topological polar surface area (TPSA) is 62.1 Å². The fourth-order valence-corrected chi connectivity index (χ4v) is 3.00. The van der Waals surface area contributed by atoms with E-state index >= 15 is 0 Å². The maximum atomic E-state index is 13.6. The van der Waals surface area contributed by atoms with Crippen molar-refractivity contribution < 1.29 is 13.9 Å². The van der Waals surface area contributed by atoms with Gasteiger partial charge in [0.2, 0.25) is 0 Å². The van der Waals surface area contributed by atoms with E-state index in [4.69, 9.17) is 16.3 Å². The molecule has 0 aliphatic rings. The van der Waals surface area contributed by atoms with Crippen molar-refractivity contribution in [2.24, 2.45) is 0 Å². The van der Waals surface area contributed by atoms with Gasteiger partial charge in [-0.2, -0.15) is 5.26 Å². The first-order valence-corrected chi connectivity index (χ1v) is 8.42. The van der Waals surface area contributed by atoms with Crippen LogP contribution in [0.5, 0.6) is 5.75 Å². The van der Waals surface area contributed by atoms with Crippen LogP contribution in [0.3, 0.4) is 0 Å². The first kappa shape index (κ1) is 19.0. The third-order valence-corrected chi connectivity index (χ3v) is 3.98. The van der Waals surface area contributed by atoms with Crippen molar-refractivity contribution in [2.75, 3.05) is 11.9 Å². The standard InChI is InChI=1S/C18H13BrClFN2O2/c1-2-25-17-13(19)8-11(9-14(17)20)7-12(10-22)18(24)23-16-6-4-3-5-15(16)21/h3-9H,2H2,1H3,(H,23,24)/b12-7-. The van der Waals surface area contributed by atoms with E-state index in [0.29, 0.717) is 27.4 Å². The average molecular weight is 424 g/mol. The molecule has 0 saturated heterocycles. The fraction of sp³-hybridized carbons (Fsp3) is 0.111. The van der Waals surface area contributed by atoms with Gasteiger partial charge >= 0.3 is 0 Å². The highest BCUT2D eigenvalue weighted by molar-refractivity contribution is 9.10. The molecule has 128 valence electrons. The zero-order valence-corrected chi connectivity index (χ0v) is 15.5. The number of anilines is 1. The molecule has 0 radical (unpaired) electrons. The highest BCUT2D eigenvalue weighted by Gasteiger charge is 2.13. The summed E-state index contributed by atoms with van der Waals surface area (Å²) in [6, 6.07) is 10.8. The summed E-state index contributed by atoms with van der Waals surface area (Å²) in [5, 5.41) is 12.0. The molecule has 7 heteroatoms. The van der Waals surface area contributed by atoms with E-state index in [1.807, 2.05) is 6.92 Å². The molecule has 1 amide bonds. The molecule has 0 bridgehead atoms. The summed E-state index contributed by atoms with van der Waals surface area (Å²) in [7, 11) is 0. The van der Waals surface area contributed by atoms with E-state index in [0.717, 1.165) is 0 Å². The van der Waals surface area contributed by atoms with Crippen LogP contribution in [0.25, 0.3) is 6.08 Å². The lowest BCUT2D eigenvalue weighted by atomic mass is 10.1. The summed E-state index contributed by atoms with van der Waals surface area (Å²) in [5.74, 6) is -0.815. The molecule has 1 N–H and O–H groups in total. The molecule has 0 aliphatic heterocycles. The van der Waals surface area contributed by atoms with E-state index < -0.39 is 11.7 Å². The first-order chi connectivity index (χ1) is 12.0. The van der Waals surface area contributed by atoms with Gasteiger partial charge in [-0.15, -0.1) is 0 Å². The van der Waals surface area contributed by atoms with Crippen molar-refractivity contribution in [1.82, 2.24) is 0 Å². The van der Waals surface area contributed by atoms with Gasteiger partial charge in [0.15, 0.2) is 5.75 Å². The molecule has 25 heavy (non-hydrogen) atoms. The minimum atomic E-state index is -0.714. The Morgan fingerprint density at radius 2 is 2.16 bits per heavy atom. The number of nitrogens with one attached hydrogen (secondary N) is 1. The first-order valence-electron chi connectivity index (χ1n) is 7.25. The Bertz CT molecular complexity index is 855. The van der Waals surface area contributed by atoms with Crippen molar-refractivity contribution in [3.63, 3.8) is 0 Å². The van der Waals surface area contributed by atoms with Crippen molar-refractivity contribution in [3.8, 4) is 11.8 Å². The highest BCUT2D eigenvalue weighted by atomic mass is 79.9. The zero-order valence-electron chi connectivity index (χ0n) is 13.1. The smallest absolute Gasteiger partial charge is 0.266 e. The number of hydrogen-bond acceptors (Lipinski definition) is 3. The number of hydrogen-bond donors (Lipinski definition) is 1. The van der Waals surface area contributed by atoms with Crippen LogP contribution in [-0.4, -0.2) is 12.5 Å². The summed E-state index contributed by atoms with van der Waals surface area (Å²) >= 11 is 9.49.